The van der Waals surface area contributed by atoms with Crippen molar-refractivity contribution in [3.05, 3.63) is 65.5 Å². The van der Waals surface area contributed by atoms with Crippen LogP contribution in [0.4, 0.5) is 4.39 Å². The third-order valence-corrected chi connectivity index (χ3v) is 6.81. The molecule has 1 amide bonds. The number of rotatable bonds is 4. The van der Waals surface area contributed by atoms with Crippen molar-refractivity contribution in [3.8, 4) is 0 Å². The average molecular weight is 407 g/mol. The number of amidine groups is 1. The van der Waals surface area contributed by atoms with Gasteiger partial charge in [0.15, 0.2) is 15.0 Å². The molecule has 1 aliphatic heterocycles. The minimum absolute atomic E-state index is 0.195. The van der Waals surface area contributed by atoms with Gasteiger partial charge in [-0.3, -0.25) is 9.79 Å². The van der Waals surface area contributed by atoms with E-state index < -0.39 is 20.6 Å². The number of nitrogens with zero attached hydrogens (tertiary/aromatic N) is 1. The standard InChI is InChI=1S/C19H19FN2O3S2/c1-12(15-6-4-5-7-16(15)20)21-18-22-17(23)19(2,26-18)13-8-10-14(11-9-13)27(3,24)25/h4-12H,1-3H3,(H,21,22,23)/t12-,19-/m0/s1. The van der Waals surface area contributed by atoms with Crippen molar-refractivity contribution in [1.29, 1.82) is 0 Å². The highest BCUT2D eigenvalue weighted by molar-refractivity contribution is 8.15. The molecule has 0 aliphatic carbocycles. The molecule has 1 N–H and O–H groups in total. The molecule has 3 rings (SSSR count). The van der Waals surface area contributed by atoms with Crippen LogP contribution in [0.1, 0.15) is 31.0 Å². The van der Waals surface area contributed by atoms with E-state index in [4.69, 9.17) is 0 Å². The summed E-state index contributed by atoms with van der Waals surface area (Å²) >= 11 is 1.23. The van der Waals surface area contributed by atoms with E-state index in [0.29, 0.717) is 16.3 Å². The van der Waals surface area contributed by atoms with Gasteiger partial charge in [-0.05, 0) is 37.6 Å². The monoisotopic (exact) mass is 406 g/mol. The molecule has 5 nitrogen and oxygen atoms in total. The van der Waals surface area contributed by atoms with Gasteiger partial charge in [0.25, 0.3) is 0 Å². The third kappa shape index (κ3) is 3.91. The Morgan fingerprint density at radius 3 is 2.37 bits per heavy atom. The molecule has 1 saturated heterocycles. The Hall–Kier alpha value is -2.19. The van der Waals surface area contributed by atoms with Gasteiger partial charge < -0.3 is 5.32 Å². The van der Waals surface area contributed by atoms with E-state index in [0.717, 1.165) is 6.26 Å². The molecule has 2 aromatic rings. The predicted octanol–water partition coefficient (Wildman–Crippen LogP) is 3.42. The number of thioether (sulfide) groups is 1. The first-order chi connectivity index (χ1) is 12.6. The molecule has 2 atom stereocenters. The normalized spacial score (nSPS) is 22.7. The lowest BCUT2D eigenvalue weighted by molar-refractivity contribution is -0.121. The number of carbonyl (C=O) groups is 1. The molecule has 1 aliphatic rings. The van der Waals surface area contributed by atoms with Gasteiger partial charge in [-0.15, -0.1) is 0 Å². The van der Waals surface area contributed by atoms with Crippen LogP contribution in [0.3, 0.4) is 0 Å². The fourth-order valence-corrected chi connectivity index (χ4v) is 4.58. The predicted molar refractivity (Wildman–Crippen MR) is 105 cm³/mol. The second-order valence-electron chi connectivity index (χ2n) is 6.52. The Kier molecular flexibility index (Phi) is 5.14. The van der Waals surface area contributed by atoms with Crippen LogP contribution in [0, 0.1) is 5.82 Å². The quantitative estimate of drug-likeness (QED) is 0.844. The third-order valence-electron chi connectivity index (χ3n) is 4.45. The number of carbonyl (C=O) groups excluding carboxylic acids is 1. The van der Waals surface area contributed by atoms with Crippen molar-refractivity contribution in [1.82, 2.24) is 5.32 Å². The Balaban J connectivity index is 1.87. The summed E-state index contributed by atoms with van der Waals surface area (Å²) in [7, 11) is -3.30. The fraction of sp³-hybridized carbons (Fsp3) is 0.263. The molecule has 2 aromatic carbocycles. The molecular weight excluding hydrogens is 387 g/mol. The highest BCUT2D eigenvalue weighted by Crippen LogP contribution is 2.42. The Morgan fingerprint density at radius 1 is 1.15 bits per heavy atom. The summed E-state index contributed by atoms with van der Waals surface area (Å²) in [4.78, 5) is 17.2. The lowest BCUT2D eigenvalue weighted by atomic mass is 9.99. The molecule has 0 aromatic heterocycles. The molecule has 0 bridgehead atoms. The Morgan fingerprint density at radius 2 is 1.78 bits per heavy atom. The number of benzene rings is 2. The lowest BCUT2D eigenvalue weighted by Crippen LogP contribution is -2.31. The Bertz CT molecular complexity index is 1020. The highest BCUT2D eigenvalue weighted by Gasteiger charge is 2.44. The number of hydrogen-bond donors (Lipinski definition) is 1. The summed E-state index contributed by atoms with van der Waals surface area (Å²) in [5, 5.41) is 3.15. The van der Waals surface area contributed by atoms with E-state index in [-0.39, 0.29) is 16.6 Å². The molecular formula is C19H19FN2O3S2. The van der Waals surface area contributed by atoms with Crippen LogP contribution < -0.4 is 5.32 Å². The van der Waals surface area contributed by atoms with Gasteiger partial charge in [0.1, 0.15) is 10.6 Å². The molecule has 27 heavy (non-hydrogen) atoms. The zero-order valence-electron chi connectivity index (χ0n) is 15.1. The van der Waals surface area contributed by atoms with Crippen LogP contribution in [0.25, 0.3) is 0 Å². The molecule has 1 heterocycles. The van der Waals surface area contributed by atoms with Crippen LogP contribution >= 0.6 is 11.8 Å². The number of halogens is 1. The molecule has 1 fully saturated rings. The maximum atomic E-state index is 13.9. The summed E-state index contributed by atoms with van der Waals surface area (Å²) in [6, 6.07) is 12.2. The first kappa shape index (κ1) is 19.6. The minimum atomic E-state index is -3.30. The SMILES string of the molecule is C[C@H](N=C1NC(=O)[C@](C)(c2ccc(S(C)(=O)=O)cc2)S1)c1ccccc1F. The van der Waals surface area contributed by atoms with E-state index in [1.807, 2.05) is 0 Å². The zero-order valence-corrected chi connectivity index (χ0v) is 16.7. The maximum Gasteiger partial charge on any atom is 0.246 e. The van der Waals surface area contributed by atoms with Crippen molar-refractivity contribution >= 4 is 32.7 Å². The number of amides is 1. The first-order valence-electron chi connectivity index (χ1n) is 8.24. The van der Waals surface area contributed by atoms with Crippen LogP contribution in [-0.4, -0.2) is 25.7 Å². The summed E-state index contributed by atoms with van der Waals surface area (Å²) in [6.07, 6.45) is 1.13. The van der Waals surface area contributed by atoms with Crippen molar-refractivity contribution in [3.63, 3.8) is 0 Å². The Labute approximate surface area is 162 Å². The van der Waals surface area contributed by atoms with Crippen molar-refractivity contribution in [2.75, 3.05) is 6.26 Å². The van der Waals surface area contributed by atoms with Gasteiger partial charge in [0.2, 0.25) is 5.91 Å². The number of nitrogens with one attached hydrogen (secondary N) is 1. The van der Waals surface area contributed by atoms with Crippen LogP contribution in [0.5, 0.6) is 0 Å². The van der Waals surface area contributed by atoms with Gasteiger partial charge in [-0.25, -0.2) is 12.8 Å². The summed E-state index contributed by atoms with van der Waals surface area (Å²) in [6.45, 7) is 3.51. The van der Waals surface area contributed by atoms with E-state index in [1.165, 1.54) is 30.0 Å². The summed E-state index contributed by atoms with van der Waals surface area (Å²) < 4.78 is 36.2. The number of sulfone groups is 1. The molecule has 0 spiro atoms. The zero-order chi connectivity index (χ0) is 19.8. The molecule has 142 valence electrons. The van der Waals surface area contributed by atoms with Gasteiger partial charge >= 0.3 is 0 Å². The number of hydrogen-bond acceptors (Lipinski definition) is 5. The van der Waals surface area contributed by atoms with E-state index >= 15 is 0 Å². The molecule has 0 radical (unpaired) electrons. The topological polar surface area (TPSA) is 75.6 Å². The average Bonchev–Trinajstić information content (AvgIpc) is 2.89. The van der Waals surface area contributed by atoms with Gasteiger partial charge in [-0.1, -0.05) is 42.1 Å². The van der Waals surface area contributed by atoms with E-state index in [2.05, 4.69) is 10.3 Å². The largest absolute Gasteiger partial charge is 0.304 e. The summed E-state index contributed by atoms with van der Waals surface area (Å²) in [5.74, 6) is -0.595. The van der Waals surface area contributed by atoms with Crippen molar-refractivity contribution in [2.45, 2.75) is 29.5 Å². The van der Waals surface area contributed by atoms with Crippen LogP contribution in [0.2, 0.25) is 0 Å². The van der Waals surface area contributed by atoms with Crippen molar-refractivity contribution < 1.29 is 17.6 Å². The van der Waals surface area contributed by atoms with E-state index in [9.17, 15) is 17.6 Å². The van der Waals surface area contributed by atoms with Crippen molar-refractivity contribution in [2.24, 2.45) is 4.99 Å². The number of aliphatic imine (C=N–C) groups is 1. The second kappa shape index (κ2) is 7.09. The molecule has 0 saturated carbocycles. The van der Waals surface area contributed by atoms with Crippen LogP contribution in [0.15, 0.2) is 58.4 Å². The lowest BCUT2D eigenvalue weighted by Gasteiger charge is -2.19. The molecule has 8 heteroatoms. The van der Waals surface area contributed by atoms with Crippen LogP contribution in [-0.2, 0) is 19.4 Å². The highest BCUT2D eigenvalue weighted by atomic mass is 32.2. The van der Waals surface area contributed by atoms with E-state index in [1.54, 1.807) is 44.2 Å². The van der Waals surface area contributed by atoms with Gasteiger partial charge in [-0.2, -0.15) is 0 Å². The first-order valence-corrected chi connectivity index (χ1v) is 11.0. The summed E-state index contributed by atoms with van der Waals surface area (Å²) in [5.41, 5.74) is 1.12. The molecule has 0 unspecified atom stereocenters. The smallest absolute Gasteiger partial charge is 0.246 e. The van der Waals surface area contributed by atoms with Gasteiger partial charge in [0, 0.05) is 11.8 Å². The minimum Gasteiger partial charge on any atom is -0.304 e. The second-order valence-corrected chi connectivity index (χ2v) is 9.94. The van der Waals surface area contributed by atoms with Gasteiger partial charge in [0.05, 0.1) is 10.9 Å². The maximum absolute atomic E-state index is 13.9. The fourth-order valence-electron chi connectivity index (χ4n) is 2.81.